The summed E-state index contributed by atoms with van der Waals surface area (Å²) in [5.41, 5.74) is 12.9. The molecule has 53 heavy (non-hydrogen) atoms. The van der Waals surface area contributed by atoms with Gasteiger partial charge in [0, 0.05) is 33.5 Å². The van der Waals surface area contributed by atoms with Crippen LogP contribution in [-0.4, -0.2) is 9.97 Å². The van der Waals surface area contributed by atoms with Gasteiger partial charge in [-0.25, -0.2) is 9.97 Å². The first-order valence-electron chi connectivity index (χ1n) is 17.9. The van der Waals surface area contributed by atoms with E-state index < -0.39 is 0 Å². The van der Waals surface area contributed by atoms with Crippen molar-refractivity contribution in [3.05, 3.63) is 212 Å². The highest BCUT2D eigenvalue weighted by molar-refractivity contribution is 5.99. The van der Waals surface area contributed by atoms with E-state index in [4.69, 9.17) is 9.97 Å². The van der Waals surface area contributed by atoms with Gasteiger partial charge in [0.25, 0.3) is 0 Å². The second kappa shape index (κ2) is 14.3. The molecule has 0 saturated heterocycles. The molecule has 0 atom stereocenters. The summed E-state index contributed by atoms with van der Waals surface area (Å²) in [6, 6.07) is 74.5. The molecule has 3 heteroatoms. The van der Waals surface area contributed by atoms with Crippen molar-refractivity contribution in [2.24, 2.45) is 0 Å². The normalized spacial score (nSPS) is 11.0. The highest BCUT2D eigenvalue weighted by Gasteiger charge is 2.16. The highest BCUT2D eigenvalue weighted by Crippen LogP contribution is 2.39. The Balaban J connectivity index is 1.04. The maximum Gasteiger partial charge on any atom is 0.160 e. The van der Waals surface area contributed by atoms with Gasteiger partial charge < -0.3 is 4.90 Å². The first kappa shape index (κ1) is 31.9. The van der Waals surface area contributed by atoms with Crippen molar-refractivity contribution in [2.45, 2.75) is 0 Å². The Morgan fingerprint density at radius 1 is 0.302 bits per heavy atom. The van der Waals surface area contributed by atoms with E-state index in [2.05, 4.69) is 193 Å². The Hall–Kier alpha value is -7.10. The molecule has 0 amide bonds. The summed E-state index contributed by atoms with van der Waals surface area (Å²) in [4.78, 5) is 12.5. The van der Waals surface area contributed by atoms with Crippen LogP contribution in [0.5, 0.6) is 0 Å². The summed E-state index contributed by atoms with van der Waals surface area (Å²) < 4.78 is 0. The molecule has 0 aliphatic heterocycles. The van der Waals surface area contributed by atoms with E-state index in [1.807, 2.05) is 24.3 Å². The zero-order chi connectivity index (χ0) is 35.4. The summed E-state index contributed by atoms with van der Waals surface area (Å²) in [5.74, 6) is 0.698. The van der Waals surface area contributed by atoms with Crippen molar-refractivity contribution in [1.29, 1.82) is 0 Å². The second-order valence-electron chi connectivity index (χ2n) is 13.1. The zero-order valence-corrected chi connectivity index (χ0v) is 29.0. The molecule has 1 heterocycles. The van der Waals surface area contributed by atoms with E-state index in [9.17, 15) is 0 Å². The fraction of sp³-hybridized carbons (Fsp3) is 0. The first-order valence-corrected chi connectivity index (χ1v) is 17.9. The number of hydrogen-bond donors (Lipinski definition) is 0. The quantitative estimate of drug-likeness (QED) is 0.160. The van der Waals surface area contributed by atoms with Gasteiger partial charge in [-0.1, -0.05) is 176 Å². The minimum atomic E-state index is 0.698. The third kappa shape index (κ3) is 6.60. The second-order valence-corrected chi connectivity index (χ2v) is 13.1. The maximum atomic E-state index is 5.10. The molecule has 0 bridgehead atoms. The van der Waals surface area contributed by atoms with Gasteiger partial charge in [0.1, 0.15) is 0 Å². The zero-order valence-electron chi connectivity index (χ0n) is 29.0. The lowest BCUT2D eigenvalue weighted by atomic mass is 10.0. The van der Waals surface area contributed by atoms with Crippen molar-refractivity contribution < 1.29 is 0 Å². The standard InChI is InChI=1S/C50H35N3/c1-4-13-36(14-5-1)37-23-27-42(28-24-37)48-35-47(41-16-6-2-7-17-41)51-50(52-48)43-29-25-38(26-30-43)39-31-33-45(34-32-39)53(44-19-8-3-9-20-44)49-22-12-18-40-15-10-11-21-46(40)49/h1-35H. The molecule has 0 saturated carbocycles. The molecule has 0 aliphatic rings. The average molecular weight is 678 g/mol. The van der Waals surface area contributed by atoms with E-state index in [1.165, 1.54) is 21.9 Å². The van der Waals surface area contributed by atoms with Crippen LogP contribution in [0.1, 0.15) is 0 Å². The molecule has 1 aromatic heterocycles. The number of benzene rings is 8. The SMILES string of the molecule is c1ccc(-c2ccc(-c3cc(-c4ccccc4)nc(-c4ccc(-c5ccc(N(c6ccccc6)c6cccc7ccccc67)cc5)cc4)n3)cc2)cc1. The Kier molecular flexibility index (Phi) is 8.57. The third-order valence-electron chi connectivity index (χ3n) is 9.71. The molecule has 0 fully saturated rings. The van der Waals surface area contributed by atoms with Crippen molar-refractivity contribution in [2.75, 3.05) is 4.90 Å². The Bertz CT molecular complexity index is 2610. The fourth-order valence-corrected chi connectivity index (χ4v) is 6.97. The van der Waals surface area contributed by atoms with Gasteiger partial charge >= 0.3 is 0 Å². The van der Waals surface area contributed by atoms with Crippen molar-refractivity contribution in [3.63, 3.8) is 0 Å². The Morgan fingerprint density at radius 3 is 1.34 bits per heavy atom. The predicted molar refractivity (Wildman–Crippen MR) is 221 cm³/mol. The van der Waals surface area contributed by atoms with Crippen LogP contribution in [0.4, 0.5) is 17.1 Å². The number of fused-ring (bicyclic) bond motifs is 1. The molecule has 3 nitrogen and oxygen atoms in total. The van der Waals surface area contributed by atoms with Crippen molar-refractivity contribution in [1.82, 2.24) is 9.97 Å². The number of nitrogens with zero attached hydrogens (tertiary/aromatic N) is 3. The Labute approximate surface area is 310 Å². The third-order valence-corrected chi connectivity index (χ3v) is 9.71. The lowest BCUT2D eigenvalue weighted by Gasteiger charge is -2.27. The molecule has 9 aromatic rings. The molecule has 0 unspecified atom stereocenters. The van der Waals surface area contributed by atoms with E-state index in [-0.39, 0.29) is 0 Å². The minimum absolute atomic E-state index is 0.698. The number of aromatic nitrogens is 2. The van der Waals surface area contributed by atoms with Gasteiger partial charge in [0.05, 0.1) is 17.1 Å². The van der Waals surface area contributed by atoms with Crippen LogP contribution in [0.3, 0.4) is 0 Å². The monoisotopic (exact) mass is 677 g/mol. The van der Waals surface area contributed by atoms with Gasteiger partial charge in [-0.15, -0.1) is 0 Å². The molecule has 0 radical (unpaired) electrons. The van der Waals surface area contributed by atoms with E-state index in [0.717, 1.165) is 56.3 Å². The minimum Gasteiger partial charge on any atom is -0.310 e. The fourth-order valence-electron chi connectivity index (χ4n) is 6.97. The molecule has 0 N–H and O–H groups in total. The smallest absolute Gasteiger partial charge is 0.160 e. The summed E-state index contributed by atoms with van der Waals surface area (Å²) in [7, 11) is 0. The van der Waals surface area contributed by atoms with Crippen molar-refractivity contribution >= 4 is 27.8 Å². The van der Waals surface area contributed by atoms with Gasteiger partial charge in [-0.05, 0) is 64.0 Å². The van der Waals surface area contributed by atoms with Crippen LogP contribution >= 0.6 is 0 Å². The number of rotatable bonds is 8. The van der Waals surface area contributed by atoms with E-state index in [1.54, 1.807) is 0 Å². The maximum absolute atomic E-state index is 5.10. The lowest BCUT2D eigenvalue weighted by Crippen LogP contribution is -2.10. The average Bonchev–Trinajstić information content (AvgIpc) is 3.25. The number of anilines is 3. The topological polar surface area (TPSA) is 29.0 Å². The van der Waals surface area contributed by atoms with Crippen LogP contribution in [0.15, 0.2) is 212 Å². The summed E-state index contributed by atoms with van der Waals surface area (Å²) in [6.07, 6.45) is 0. The van der Waals surface area contributed by atoms with Gasteiger partial charge in [-0.3, -0.25) is 0 Å². The first-order chi connectivity index (χ1) is 26.3. The Morgan fingerprint density at radius 2 is 0.717 bits per heavy atom. The lowest BCUT2D eigenvalue weighted by molar-refractivity contribution is 1.18. The van der Waals surface area contributed by atoms with E-state index in [0.29, 0.717) is 5.82 Å². The van der Waals surface area contributed by atoms with Crippen LogP contribution in [0.2, 0.25) is 0 Å². The van der Waals surface area contributed by atoms with Gasteiger partial charge in [0.2, 0.25) is 0 Å². The van der Waals surface area contributed by atoms with Crippen molar-refractivity contribution in [3.8, 4) is 56.2 Å². The summed E-state index contributed by atoms with van der Waals surface area (Å²) in [5, 5.41) is 2.43. The largest absolute Gasteiger partial charge is 0.310 e. The van der Waals surface area contributed by atoms with E-state index >= 15 is 0 Å². The van der Waals surface area contributed by atoms with Gasteiger partial charge in [0.15, 0.2) is 5.82 Å². The van der Waals surface area contributed by atoms with Crippen LogP contribution in [-0.2, 0) is 0 Å². The number of hydrogen-bond acceptors (Lipinski definition) is 3. The molecule has 0 aliphatic carbocycles. The molecular weight excluding hydrogens is 643 g/mol. The molecule has 8 aromatic carbocycles. The van der Waals surface area contributed by atoms with Crippen LogP contribution < -0.4 is 4.90 Å². The van der Waals surface area contributed by atoms with Crippen LogP contribution in [0.25, 0.3) is 66.9 Å². The number of para-hydroxylation sites is 1. The summed E-state index contributed by atoms with van der Waals surface area (Å²) in [6.45, 7) is 0. The molecule has 9 rings (SSSR count). The predicted octanol–water partition coefficient (Wildman–Crippen LogP) is 13.4. The molecule has 0 spiro atoms. The summed E-state index contributed by atoms with van der Waals surface area (Å²) >= 11 is 0. The highest BCUT2D eigenvalue weighted by atomic mass is 15.1. The molecular formula is C50H35N3. The molecule has 250 valence electrons. The van der Waals surface area contributed by atoms with Gasteiger partial charge in [-0.2, -0.15) is 0 Å². The van der Waals surface area contributed by atoms with Crippen LogP contribution in [0, 0.1) is 0 Å².